The molecule has 0 radical (unpaired) electrons. The van der Waals surface area contributed by atoms with Crippen molar-refractivity contribution in [2.24, 2.45) is 5.10 Å². The third-order valence-electron chi connectivity index (χ3n) is 4.68. The van der Waals surface area contributed by atoms with Crippen molar-refractivity contribution in [2.75, 3.05) is 12.4 Å². The van der Waals surface area contributed by atoms with Crippen molar-refractivity contribution in [3.05, 3.63) is 89.4 Å². The number of hydrogen-bond donors (Lipinski definition) is 1. The van der Waals surface area contributed by atoms with Crippen LogP contribution in [0.25, 0.3) is 17.1 Å². The van der Waals surface area contributed by atoms with Crippen LogP contribution >= 0.6 is 23.4 Å². The SMILES string of the molecule is CCOc1ccc(/C=N/NC(=O)CSc2nnc(-c3ccccc3)n2-c2ccc(Cl)cc2)cc1. The highest BCUT2D eigenvalue weighted by molar-refractivity contribution is 7.99. The second-order valence-electron chi connectivity index (χ2n) is 7.07. The quantitative estimate of drug-likeness (QED) is 0.197. The summed E-state index contributed by atoms with van der Waals surface area (Å²) in [6.07, 6.45) is 1.59. The third-order valence-corrected chi connectivity index (χ3v) is 5.86. The van der Waals surface area contributed by atoms with Gasteiger partial charge in [0.25, 0.3) is 5.91 Å². The molecule has 0 fully saturated rings. The number of carbonyl (C=O) groups is 1. The fourth-order valence-corrected chi connectivity index (χ4v) is 3.99. The fraction of sp³-hybridized carbons (Fsp3) is 0.120. The maximum Gasteiger partial charge on any atom is 0.250 e. The lowest BCUT2D eigenvalue weighted by atomic mass is 10.2. The molecule has 4 aromatic rings. The number of aromatic nitrogens is 3. The highest BCUT2D eigenvalue weighted by atomic mass is 35.5. The summed E-state index contributed by atoms with van der Waals surface area (Å²) >= 11 is 7.35. The number of benzene rings is 3. The van der Waals surface area contributed by atoms with Crippen molar-refractivity contribution in [1.82, 2.24) is 20.2 Å². The second-order valence-corrected chi connectivity index (χ2v) is 8.45. The largest absolute Gasteiger partial charge is 0.494 e. The topological polar surface area (TPSA) is 81.4 Å². The van der Waals surface area contributed by atoms with E-state index in [-0.39, 0.29) is 11.7 Å². The molecule has 4 rings (SSSR count). The third kappa shape index (κ3) is 6.03. The van der Waals surface area contributed by atoms with Gasteiger partial charge in [-0.3, -0.25) is 9.36 Å². The van der Waals surface area contributed by atoms with Crippen LogP contribution in [0, 0.1) is 0 Å². The van der Waals surface area contributed by atoms with E-state index in [0.29, 0.717) is 22.6 Å². The first-order chi connectivity index (χ1) is 16.6. The van der Waals surface area contributed by atoms with Crippen LogP contribution < -0.4 is 10.2 Å². The predicted molar refractivity (Wildman–Crippen MR) is 136 cm³/mol. The van der Waals surface area contributed by atoms with E-state index < -0.39 is 0 Å². The molecule has 34 heavy (non-hydrogen) atoms. The molecule has 0 saturated heterocycles. The van der Waals surface area contributed by atoms with Crippen LogP contribution in [0.3, 0.4) is 0 Å². The molecule has 0 atom stereocenters. The summed E-state index contributed by atoms with van der Waals surface area (Å²) in [5.41, 5.74) is 5.17. The number of amides is 1. The molecule has 9 heteroatoms. The van der Waals surface area contributed by atoms with Gasteiger partial charge in [0.15, 0.2) is 11.0 Å². The molecule has 0 aliphatic rings. The van der Waals surface area contributed by atoms with Crippen molar-refractivity contribution in [3.63, 3.8) is 0 Å². The molecule has 0 saturated carbocycles. The Hall–Kier alpha value is -3.62. The predicted octanol–water partition coefficient (Wildman–Crippen LogP) is 5.23. The van der Waals surface area contributed by atoms with E-state index in [2.05, 4.69) is 20.7 Å². The van der Waals surface area contributed by atoms with Gasteiger partial charge in [0, 0.05) is 16.3 Å². The zero-order valence-corrected chi connectivity index (χ0v) is 20.0. The van der Waals surface area contributed by atoms with Gasteiger partial charge in [0.1, 0.15) is 5.75 Å². The minimum atomic E-state index is -0.251. The molecule has 7 nitrogen and oxygen atoms in total. The van der Waals surface area contributed by atoms with E-state index in [4.69, 9.17) is 16.3 Å². The van der Waals surface area contributed by atoms with Crippen molar-refractivity contribution in [3.8, 4) is 22.8 Å². The van der Waals surface area contributed by atoms with E-state index in [1.165, 1.54) is 11.8 Å². The molecule has 1 heterocycles. The van der Waals surface area contributed by atoms with Gasteiger partial charge >= 0.3 is 0 Å². The average molecular weight is 492 g/mol. The van der Waals surface area contributed by atoms with Gasteiger partial charge in [0.05, 0.1) is 18.6 Å². The van der Waals surface area contributed by atoms with Crippen LogP contribution in [0.4, 0.5) is 0 Å². The van der Waals surface area contributed by atoms with Crippen LogP contribution in [0.5, 0.6) is 5.75 Å². The Morgan fingerprint density at radius 1 is 1.06 bits per heavy atom. The van der Waals surface area contributed by atoms with Gasteiger partial charge in [0.2, 0.25) is 0 Å². The number of ether oxygens (including phenoxy) is 1. The molecular weight excluding hydrogens is 470 g/mol. The maximum absolute atomic E-state index is 12.4. The first-order valence-electron chi connectivity index (χ1n) is 10.6. The summed E-state index contributed by atoms with van der Waals surface area (Å²) in [5.74, 6) is 1.35. The molecule has 3 aromatic carbocycles. The highest BCUT2D eigenvalue weighted by Gasteiger charge is 2.17. The Morgan fingerprint density at radius 3 is 2.50 bits per heavy atom. The molecular formula is C25H22ClN5O2S. The molecule has 172 valence electrons. The van der Waals surface area contributed by atoms with Crippen molar-refractivity contribution < 1.29 is 9.53 Å². The number of hydrogen-bond acceptors (Lipinski definition) is 6. The van der Waals surface area contributed by atoms with Crippen LogP contribution in [-0.4, -0.2) is 39.2 Å². The number of nitrogens with one attached hydrogen (secondary N) is 1. The van der Waals surface area contributed by atoms with Gasteiger partial charge in [-0.05, 0) is 61.0 Å². The Morgan fingerprint density at radius 2 is 1.79 bits per heavy atom. The Bertz CT molecular complexity index is 1260. The van der Waals surface area contributed by atoms with Crippen LogP contribution in [0.1, 0.15) is 12.5 Å². The first-order valence-corrected chi connectivity index (χ1v) is 11.9. The molecule has 1 amide bonds. The maximum atomic E-state index is 12.4. The summed E-state index contributed by atoms with van der Waals surface area (Å²) < 4.78 is 7.33. The Labute approximate surface area is 206 Å². The standard InChI is InChI=1S/C25H22ClN5O2S/c1-2-33-22-14-8-18(9-15-22)16-27-28-23(32)17-34-25-30-29-24(19-6-4-3-5-7-19)31(25)21-12-10-20(26)11-13-21/h3-16H,2,17H2,1H3,(H,28,32)/b27-16+. The average Bonchev–Trinajstić information content (AvgIpc) is 3.29. The molecule has 1 aromatic heterocycles. The molecule has 0 unspecified atom stereocenters. The van der Waals surface area contributed by atoms with E-state index in [1.807, 2.05) is 90.4 Å². The van der Waals surface area contributed by atoms with Crippen LogP contribution in [-0.2, 0) is 4.79 Å². The van der Waals surface area contributed by atoms with Gasteiger partial charge in [-0.2, -0.15) is 5.10 Å². The number of thioether (sulfide) groups is 1. The minimum absolute atomic E-state index is 0.126. The Kier molecular flexibility index (Phi) is 7.95. The number of nitrogens with zero attached hydrogens (tertiary/aromatic N) is 4. The van der Waals surface area contributed by atoms with Crippen molar-refractivity contribution >= 4 is 35.5 Å². The molecule has 1 N–H and O–H groups in total. The van der Waals surface area contributed by atoms with Crippen LogP contribution in [0.2, 0.25) is 5.02 Å². The van der Waals surface area contributed by atoms with E-state index in [1.54, 1.807) is 6.21 Å². The summed E-state index contributed by atoms with van der Waals surface area (Å²) in [7, 11) is 0. The summed E-state index contributed by atoms with van der Waals surface area (Å²) in [5, 5.41) is 14.0. The normalized spacial score (nSPS) is 11.0. The van der Waals surface area contributed by atoms with Crippen molar-refractivity contribution in [2.45, 2.75) is 12.1 Å². The zero-order chi connectivity index (χ0) is 23.8. The molecule has 0 bridgehead atoms. The first kappa shape index (κ1) is 23.5. The minimum Gasteiger partial charge on any atom is -0.494 e. The number of carbonyl (C=O) groups excluding carboxylic acids is 1. The van der Waals surface area contributed by atoms with Gasteiger partial charge in [-0.25, -0.2) is 5.43 Å². The number of hydrazone groups is 1. The lowest BCUT2D eigenvalue weighted by Gasteiger charge is -2.10. The smallest absolute Gasteiger partial charge is 0.250 e. The lowest BCUT2D eigenvalue weighted by molar-refractivity contribution is -0.118. The fourth-order valence-electron chi connectivity index (χ4n) is 3.12. The monoisotopic (exact) mass is 491 g/mol. The van der Waals surface area contributed by atoms with Crippen LogP contribution in [0.15, 0.2) is 89.1 Å². The van der Waals surface area contributed by atoms with E-state index in [9.17, 15) is 4.79 Å². The van der Waals surface area contributed by atoms with Crippen molar-refractivity contribution in [1.29, 1.82) is 0 Å². The lowest BCUT2D eigenvalue weighted by Crippen LogP contribution is -2.20. The van der Waals surface area contributed by atoms with Gasteiger partial charge < -0.3 is 4.74 Å². The Balaban J connectivity index is 1.44. The molecule has 0 aliphatic heterocycles. The second kappa shape index (κ2) is 11.5. The summed E-state index contributed by atoms with van der Waals surface area (Å²) in [4.78, 5) is 12.4. The number of rotatable bonds is 9. The van der Waals surface area contributed by atoms with E-state index in [0.717, 1.165) is 22.6 Å². The summed E-state index contributed by atoms with van der Waals surface area (Å²) in [6.45, 7) is 2.54. The molecule has 0 spiro atoms. The zero-order valence-electron chi connectivity index (χ0n) is 18.4. The highest BCUT2D eigenvalue weighted by Crippen LogP contribution is 2.28. The van der Waals surface area contributed by atoms with Gasteiger partial charge in [-0.1, -0.05) is 53.7 Å². The van der Waals surface area contributed by atoms with Gasteiger partial charge in [-0.15, -0.1) is 10.2 Å². The molecule has 0 aliphatic carbocycles. The number of halogens is 1. The van der Waals surface area contributed by atoms with E-state index >= 15 is 0 Å². The summed E-state index contributed by atoms with van der Waals surface area (Å²) in [6, 6.07) is 24.6.